The maximum Gasteiger partial charge on any atom is 0.307 e. The smallest absolute Gasteiger partial charge is 0.307 e. The highest BCUT2D eigenvalue weighted by atomic mass is 32.2. The van der Waals surface area contributed by atoms with E-state index in [1.54, 1.807) is 12.1 Å². The number of fused-ring (bicyclic) bond motifs is 1. The molecular formula is C23H24N2O5S. The number of hydrogen-bond donors (Lipinski definition) is 2. The van der Waals surface area contributed by atoms with Crippen molar-refractivity contribution in [3.05, 3.63) is 78.4 Å². The highest BCUT2D eigenvalue weighted by molar-refractivity contribution is 7.89. The van der Waals surface area contributed by atoms with Gasteiger partial charge in [-0.2, -0.15) is 0 Å². The first-order chi connectivity index (χ1) is 14.8. The van der Waals surface area contributed by atoms with E-state index in [1.807, 2.05) is 61.5 Å². The highest BCUT2D eigenvalue weighted by Crippen LogP contribution is 2.18. The van der Waals surface area contributed by atoms with E-state index in [9.17, 15) is 18.0 Å². The van der Waals surface area contributed by atoms with Crippen molar-refractivity contribution in [1.29, 1.82) is 0 Å². The molecule has 0 aliphatic heterocycles. The first kappa shape index (κ1) is 22.5. The van der Waals surface area contributed by atoms with Gasteiger partial charge in [0.25, 0.3) is 5.91 Å². The zero-order valence-electron chi connectivity index (χ0n) is 17.1. The average Bonchev–Trinajstić information content (AvgIpc) is 2.78. The van der Waals surface area contributed by atoms with Gasteiger partial charge in [0.2, 0.25) is 10.0 Å². The van der Waals surface area contributed by atoms with Gasteiger partial charge in [0.1, 0.15) is 0 Å². The van der Waals surface area contributed by atoms with Crippen LogP contribution >= 0.6 is 0 Å². The van der Waals surface area contributed by atoms with Gasteiger partial charge >= 0.3 is 5.97 Å². The van der Waals surface area contributed by atoms with Gasteiger partial charge in [0.15, 0.2) is 6.61 Å². The van der Waals surface area contributed by atoms with Crippen molar-refractivity contribution in [1.82, 2.24) is 10.0 Å². The Kier molecular flexibility index (Phi) is 7.38. The summed E-state index contributed by atoms with van der Waals surface area (Å²) >= 11 is 0. The maximum atomic E-state index is 12.5. The summed E-state index contributed by atoms with van der Waals surface area (Å²) in [5.74, 6) is -1.09. The fourth-order valence-electron chi connectivity index (χ4n) is 3.03. The number of carbonyl (C=O) groups is 2. The number of nitrogens with one attached hydrogen (secondary N) is 2. The number of amides is 1. The number of benzene rings is 3. The second kappa shape index (κ2) is 10.2. The summed E-state index contributed by atoms with van der Waals surface area (Å²) in [5, 5.41) is 4.48. The first-order valence-corrected chi connectivity index (χ1v) is 11.3. The van der Waals surface area contributed by atoms with Crippen LogP contribution in [0.5, 0.6) is 0 Å². The lowest BCUT2D eigenvalue weighted by Crippen LogP contribution is -2.32. The molecule has 2 N–H and O–H groups in total. The van der Waals surface area contributed by atoms with E-state index in [1.165, 1.54) is 6.07 Å². The minimum atomic E-state index is -3.76. The van der Waals surface area contributed by atoms with Gasteiger partial charge in [-0.05, 0) is 35.4 Å². The van der Waals surface area contributed by atoms with Crippen LogP contribution in [0.2, 0.25) is 0 Å². The molecule has 31 heavy (non-hydrogen) atoms. The Morgan fingerprint density at radius 1 is 0.935 bits per heavy atom. The molecule has 1 atom stereocenters. The Morgan fingerprint density at radius 2 is 1.61 bits per heavy atom. The van der Waals surface area contributed by atoms with Gasteiger partial charge in [-0.15, -0.1) is 0 Å². The molecule has 0 saturated carbocycles. The van der Waals surface area contributed by atoms with Crippen molar-refractivity contribution >= 4 is 32.7 Å². The number of carbonyl (C=O) groups excluding carboxylic acids is 2. The third-order valence-corrected chi connectivity index (χ3v) is 6.15. The van der Waals surface area contributed by atoms with Crippen LogP contribution in [0.4, 0.5) is 0 Å². The zero-order chi connectivity index (χ0) is 22.3. The van der Waals surface area contributed by atoms with E-state index < -0.39 is 28.5 Å². The predicted octanol–water partition coefficient (Wildman–Crippen LogP) is 2.93. The van der Waals surface area contributed by atoms with Crippen LogP contribution in [-0.4, -0.2) is 33.4 Å². The van der Waals surface area contributed by atoms with Crippen LogP contribution in [0, 0.1) is 0 Å². The summed E-state index contributed by atoms with van der Waals surface area (Å²) in [4.78, 5) is 23.9. The minimum absolute atomic E-state index is 0.119. The van der Waals surface area contributed by atoms with Gasteiger partial charge in [0, 0.05) is 6.54 Å². The lowest BCUT2D eigenvalue weighted by atomic mass is 10.1. The van der Waals surface area contributed by atoms with E-state index in [0.29, 0.717) is 0 Å². The number of ether oxygens (including phenoxy) is 1. The molecule has 0 bridgehead atoms. The summed E-state index contributed by atoms with van der Waals surface area (Å²) < 4.78 is 32.2. The fourth-order valence-corrected chi connectivity index (χ4v) is 4.10. The Bertz CT molecular complexity index is 1160. The molecule has 0 radical (unpaired) electrons. The third kappa shape index (κ3) is 6.37. The van der Waals surface area contributed by atoms with E-state index >= 15 is 0 Å². The number of rotatable bonds is 9. The van der Waals surface area contributed by atoms with E-state index in [4.69, 9.17) is 4.74 Å². The summed E-state index contributed by atoms with van der Waals surface area (Å²) in [5.41, 5.74) is 0.935. The first-order valence-electron chi connectivity index (χ1n) is 9.83. The minimum Gasteiger partial charge on any atom is -0.456 e. The second-order valence-corrected chi connectivity index (χ2v) is 8.78. The highest BCUT2D eigenvalue weighted by Gasteiger charge is 2.16. The lowest BCUT2D eigenvalue weighted by molar-refractivity contribution is -0.148. The van der Waals surface area contributed by atoms with E-state index in [0.717, 1.165) is 16.3 Å². The molecule has 3 rings (SSSR count). The van der Waals surface area contributed by atoms with Crippen LogP contribution in [0.15, 0.2) is 77.7 Å². The third-order valence-electron chi connectivity index (χ3n) is 4.69. The molecule has 0 fully saturated rings. The lowest BCUT2D eigenvalue weighted by Gasteiger charge is -2.14. The quantitative estimate of drug-likeness (QED) is 0.498. The monoisotopic (exact) mass is 440 g/mol. The van der Waals surface area contributed by atoms with Crippen LogP contribution < -0.4 is 10.0 Å². The summed E-state index contributed by atoms with van der Waals surface area (Å²) in [7, 11) is -3.76. The second-order valence-electron chi connectivity index (χ2n) is 7.02. The Labute approximate surface area is 181 Å². The molecule has 162 valence electrons. The van der Waals surface area contributed by atoms with E-state index in [2.05, 4.69) is 10.0 Å². The SMILES string of the molecule is CC(NC(=O)COC(=O)CCNS(=O)(=O)c1ccc2ccccc2c1)c1ccccc1. The van der Waals surface area contributed by atoms with E-state index in [-0.39, 0.29) is 23.9 Å². The van der Waals surface area contributed by atoms with Crippen LogP contribution in [0.3, 0.4) is 0 Å². The molecule has 8 heteroatoms. The van der Waals surface area contributed by atoms with Gasteiger partial charge in [-0.3, -0.25) is 9.59 Å². The maximum absolute atomic E-state index is 12.5. The average molecular weight is 441 g/mol. The molecule has 1 unspecified atom stereocenters. The van der Waals surface area contributed by atoms with Gasteiger partial charge in [-0.1, -0.05) is 60.7 Å². The van der Waals surface area contributed by atoms with Crippen molar-refractivity contribution in [2.24, 2.45) is 0 Å². The van der Waals surface area contributed by atoms with Gasteiger partial charge in [0.05, 0.1) is 17.4 Å². The number of sulfonamides is 1. The topological polar surface area (TPSA) is 102 Å². The molecule has 0 aromatic heterocycles. The molecule has 0 spiro atoms. The van der Waals surface area contributed by atoms with Crippen LogP contribution in [0.25, 0.3) is 10.8 Å². The Morgan fingerprint density at radius 3 is 2.35 bits per heavy atom. The fraction of sp³-hybridized carbons (Fsp3) is 0.217. The standard InChI is InChI=1S/C23H24N2O5S/c1-17(18-7-3-2-4-8-18)25-22(26)16-30-23(27)13-14-24-31(28,29)21-12-11-19-9-5-6-10-20(19)15-21/h2-12,15,17,24H,13-14,16H2,1H3,(H,25,26). The summed E-state index contributed by atoms with van der Waals surface area (Å²) in [6.45, 7) is 1.28. The van der Waals surface area contributed by atoms with Gasteiger partial charge < -0.3 is 10.1 Å². The molecule has 1 amide bonds. The number of hydrogen-bond acceptors (Lipinski definition) is 5. The summed E-state index contributed by atoms with van der Waals surface area (Å²) in [6.07, 6.45) is -0.186. The summed E-state index contributed by atoms with van der Waals surface area (Å²) in [6, 6.07) is 21.4. The number of esters is 1. The predicted molar refractivity (Wildman–Crippen MR) is 118 cm³/mol. The molecule has 0 heterocycles. The Hall–Kier alpha value is -3.23. The van der Waals surface area contributed by atoms with Crippen LogP contribution in [-0.2, 0) is 24.3 Å². The normalized spacial score (nSPS) is 12.3. The van der Waals surface area contributed by atoms with Crippen molar-refractivity contribution in [2.45, 2.75) is 24.3 Å². The zero-order valence-corrected chi connectivity index (χ0v) is 17.9. The molecule has 0 aliphatic carbocycles. The molecule has 0 saturated heterocycles. The van der Waals surface area contributed by atoms with Crippen molar-refractivity contribution in [3.8, 4) is 0 Å². The largest absolute Gasteiger partial charge is 0.456 e. The molecule has 3 aromatic rings. The molecule has 0 aliphatic rings. The van der Waals surface area contributed by atoms with Crippen molar-refractivity contribution < 1.29 is 22.7 Å². The molecule has 3 aromatic carbocycles. The van der Waals surface area contributed by atoms with Crippen LogP contribution in [0.1, 0.15) is 24.9 Å². The Balaban J connectivity index is 1.43. The van der Waals surface area contributed by atoms with Crippen molar-refractivity contribution in [3.63, 3.8) is 0 Å². The van der Waals surface area contributed by atoms with Gasteiger partial charge in [-0.25, -0.2) is 13.1 Å². The molecular weight excluding hydrogens is 416 g/mol. The van der Waals surface area contributed by atoms with Crippen molar-refractivity contribution in [2.75, 3.05) is 13.2 Å². The molecule has 7 nitrogen and oxygen atoms in total.